The van der Waals surface area contributed by atoms with Crippen molar-refractivity contribution in [1.29, 1.82) is 0 Å². The molecule has 0 aromatic rings. The Bertz CT molecular complexity index is 395. The zero-order valence-electron chi connectivity index (χ0n) is 15.1. The number of rotatable bonds is 7. The third-order valence-electron chi connectivity index (χ3n) is 4.12. The summed E-state index contributed by atoms with van der Waals surface area (Å²) < 4.78 is 0. The van der Waals surface area contributed by atoms with Gasteiger partial charge in [0.25, 0.3) is 0 Å². The van der Waals surface area contributed by atoms with Gasteiger partial charge in [0.2, 0.25) is 5.91 Å². The quantitative estimate of drug-likeness (QED) is 0.393. The number of nitrogens with two attached hydrogens (primary N) is 1. The molecule has 1 rings (SSSR count). The SMILES string of the molecule is CC(C)C(N)C(=O)N(C)C1CNC(C(=O)O)C1.CCCCB(O)O. The average Bonchev–Trinajstić information content (AvgIpc) is 3.01. The molecule has 140 valence electrons. The molecule has 1 saturated heterocycles. The van der Waals surface area contributed by atoms with E-state index in [0.717, 1.165) is 12.8 Å². The van der Waals surface area contributed by atoms with Crippen molar-refractivity contribution in [2.45, 2.75) is 64.5 Å². The van der Waals surface area contributed by atoms with E-state index >= 15 is 0 Å². The Balaban J connectivity index is 0.000000640. The number of aliphatic carboxylic acids is 1. The zero-order valence-corrected chi connectivity index (χ0v) is 15.1. The molecule has 0 aromatic carbocycles. The first kappa shape index (κ1) is 22.8. The molecule has 3 unspecified atom stereocenters. The van der Waals surface area contributed by atoms with Crippen LogP contribution in [0.15, 0.2) is 0 Å². The van der Waals surface area contributed by atoms with Crippen molar-refractivity contribution < 1.29 is 24.7 Å². The van der Waals surface area contributed by atoms with E-state index in [1.165, 1.54) is 0 Å². The lowest BCUT2D eigenvalue weighted by molar-refractivity contribution is -0.140. The predicted molar refractivity (Wildman–Crippen MR) is 93.3 cm³/mol. The average molecular weight is 345 g/mol. The van der Waals surface area contributed by atoms with E-state index in [1.54, 1.807) is 11.9 Å². The van der Waals surface area contributed by atoms with Crippen molar-refractivity contribution in [2.75, 3.05) is 13.6 Å². The van der Waals surface area contributed by atoms with E-state index in [-0.39, 0.29) is 17.9 Å². The highest BCUT2D eigenvalue weighted by molar-refractivity contribution is 6.40. The highest BCUT2D eigenvalue weighted by Gasteiger charge is 2.34. The topological polar surface area (TPSA) is 136 Å². The van der Waals surface area contributed by atoms with Crippen LogP contribution in [0.4, 0.5) is 0 Å². The Morgan fingerprint density at radius 2 is 1.96 bits per heavy atom. The number of amides is 1. The first-order valence-corrected chi connectivity index (χ1v) is 8.46. The molecule has 9 heteroatoms. The molecule has 1 aliphatic rings. The van der Waals surface area contributed by atoms with Gasteiger partial charge in [-0.3, -0.25) is 9.59 Å². The summed E-state index contributed by atoms with van der Waals surface area (Å²) in [4.78, 5) is 24.3. The number of carbonyl (C=O) groups is 2. The maximum atomic E-state index is 12.0. The number of hydrogen-bond donors (Lipinski definition) is 5. The van der Waals surface area contributed by atoms with Crippen molar-refractivity contribution in [3.63, 3.8) is 0 Å². The van der Waals surface area contributed by atoms with Gasteiger partial charge in [0.15, 0.2) is 0 Å². The molecule has 3 atom stereocenters. The van der Waals surface area contributed by atoms with Crippen LogP contribution >= 0.6 is 0 Å². The summed E-state index contributed by atoms with van der Waals surface area (Å²) in [5, 5.41) is 28.2. The van der Waals surface area contributed by atoms with Crippen molar-refractivity contribution in [3.8, 4) is 0 Å². The van der Waals surface area contributed by atoms with Crippen LogP contribution in [0, 0.1) is 5.92 Å². The minimum atomic E-state index is -1.10. The summed E-state index contributed by atoms with van der Waals surface area (Å²) in [6.07, 6.45) is 2.87. The van der Waals surface area contributed by atoms with Crippen LogP contribution in [0.3, 0.4) is 0 Å². The molecule has 1 aliphatic heterocycles. The molecule has 0 spiro atoms. The van der Waals surface area contributed by atoms with Gasteiger partial charge in [-0.2, -0.15) is 0 Å². The number of carboxylic acids is 1. The molecule has 8 nitrogen and oxygen atoms in total. The van der Waals surface area contributed by atoms with Gasteiger partial charge in [-0.15, -0.1) is 0 Å². The standard InChI is InChI=1S/C11H21N3O3.C4H11BO2/c1-6(2)9(12)10(15)14(3)7-4-8(11(16)17)13-5-7;1-2-3-4-5(6)7/h6-9,13H,4-5,12H2,1-3H3,(H,16,17);6-7H,2-4H2,1H3. The van der Waals surface area contributed by atoms with Gasteiger partial charge in [-0.25, -0.2) is 0 Å². The van der Waals surface area contributed by atoms with Crippen molar-refractivity contribution in [3.05, 3.63) is 0 Å². The van der Waals surface area contributed by atoms with Gasteiger partial charge in [0.05, 0.1) is 6.04 Å². The van der Waals surface area contributed by atoms with E-state index in [9.17, 15) is 9.59 Å². The number of hydrogen-bond acceptors (Lipinski definition) is 6. The maximum absolute atomic E-state index is 12.0. The minimum Gasteiger partial charge on any atom is -0.480 e. The number of nitrogens with one attached hydrogen (secondary N) is 1. The zero-order chi connectivity index (χ0) is 18.9. The van der Waals surface area contributed by atoms with Gasteiger partial charge < -0.3 is 31.1 Å². The van der Waals surface area contributed by atoms with E-state index in [1.807, 2.05) is 20.8 Å². The first-order valence-electron chi connectivity index (χ1n) is 8.46. The highest BCUT2D eigenvalue weighted by atomic mass is 16.4. The largest absolute Gasteiger partial charge is 0.480 e. The Kier molecular flexibility index (Phi) is 10.9. The number of likely N-dealkylation sites (N-methyl/N-ethyl adjacent to an activating group) is 1. The Hall–Kier alpha value is -1.16. The van der Waals surface area contributed by atoms with Gasteiger partial charge in [-0.05, 0) is 18.7 Å². The van der Waals surface area contributed by atoms with Crippen molar-refractivity contribution in [2.24, 2.45) is 11.7 Å². The normalized spacial score (nSPS) is 21.0. The van der Waals surface area contributed by atoms with Crippen molar-refractivity contribution in [1.82, 2.24) is 10.2 Å². The fraction of sp³-hybridized carbons (Fsp3) is 0.867. The van der Waals surface area contributed by atoms with Crippen LogP contribution in [0.2, 0.25) is 6.32 Å². The molecular formula is C15H32BN3O5. The third kappa shape index (κ3) is 8.10. The third-order valence-corrected chi connectivity index (χ3v) is 4.12. The van der Waals surface area contributed by atoms with Gasteiger partial charge >= 0.3 is 13.1 Å². The van der Waals surface area contributed by atoms with Crippen molar-refractivity contribution >= 4 is 19.0 Å². The molecule has 0 saturated carbocycles. The molecule has 0 aromatic heterocycles. The number of unbranched alkanes of at least 4 members (excludes halogenated alkanes) is 1. The van der Waals surface area contributed by atoms with Crippen LogP contribution in [0.1, 0.15) is 40.0 Å². The molecule has 0 radical (unpaired) electrons. The fourth-order valence-electron chi connectivity index (χ4n) is 2.29. The van der Waals surface area contributed by atoms with Crippen LogP contribution < -0.4 is 11.1 Å². The summed E-state index contributed by atoms with van der Waals surface area (Å²) in [6, 6.07) is -1.18. The predicted octanol–water partition coefficient (Wildman–Crippen LogP) is -0.497. The summed E-state index contributed by atoms with van der Waals surface area (Å²) >= 11 is 0. The molecule has 24 heavy (non-hydrogen) atoms. The maximum Gasteiger partial charge on any atom is 0.451 e. The van der Waals surface area contributed by atoms with Gasteiger partial charge in [0.1, 0.15) is 6.04 Å². The highest BCUT2D eigenvalue weighted by Crippen LogP contribution is 2.14. The molecule has 0 aliphatic carbocycles. The number of carboxylic acid groups (broad SMARTS) is 1. The van der Waals surface area contributed by atoms with Gasteiger partial charge in [-0.1, -0.05) is 33.6 Å². The summed E-state index contributed by atoms with van der Waals surface area (Å²) in [5.74, 6) is -0.922. The monoisotopic (exact) mass is 345 g/mol. The molecule has 1 heterocycles. The Morgan fingerprint density at radius 3 is 2.29 bits per heavy atom. The Morgan fingerprint density at radius 1 is 1.38 bits per heavy atom. The smallest absolute Gasteiger partial charge is 0.451 e. The second-order valence-corrected chi connectivity index (χ2v) is 6.53. The van der Waals surface area contributed by atoms with Crippen LogP contribution in [-0.2, 0) is 9.59 Å². The second kappa shape index (κ2) is 11.4. The molecule has 6 N–H and O–H groups in total. The molecule has 1 fully saturated rings. The molecule has 0 bridgehead atoms. The van der Waals surface area contributed by atoms with E-state index in [2.05, 4.69) is 5.32 Å². The lowest BCUT2D eigenvalue weighted by atomic mass is 9.84. The summed E-state index contributed by atoms with van der Waals surface area (Å²) in [6.45, 7) is 6.30. The summed E-state index contributed by atoms with van der Waals surface area (Å²) in [5.41, 5.74) is 5.80. The lowest BCUT2D eigenvalue weighted by Crippen LogP contribution is -2.49. The number of carbonyl (C=O) groups excluding carboxylic acids is 1. The lowest BCUT2D eigenvalue weighted by Gasteiger charge is -2.28. The number of nitrogens with zero attached hydrogens (tertiary/aromatic N) is 1. The fourth-order valence-corrected chi connectivity index (χ4v) is 2.29. The van der Waals surface area contributed by atoms with Crippen LogP contribution in [0.5, 0.6) is 0 Å². The first-order chi connectivity index (χ1) is 11.1. The Labute approximate surface area is 144 Å². The van der Waals surface area contributed by atoms with E-state index in [0.29, 0.717) is 19.3 Å². The van der Waals surface area contributed by atoms with Gasteiger partial charge in [0, 0.05) is 19.6 Å². The molecule has 1 amide bonds. The summed E-state index contributed by atoms with van der Waals surface area (Å²) in [7, 11) is 0.584. The van der Waals surface area contributed by atoms with Crippen LogP contribution in [0.25, 0.3) is 0 Å². The van der Waals surface area contributed by atoms with E-state index in [4.69, 9.17) is 20.9 Å². The van der Waals surface area contributed by atoms with E-state index < -0.39 is 25.2 Å². The van der Waals surface area contributed by atoms with Crippen LogP contribution in [-0.4, -0.2) is 70.8 Å². The minimum absolute atomic E-state index is 0.0783. The second-order valence-electron chi connectivity index (χ2n) is 6.53. The molecular weight excluding hydrogens is 313 g/mol.